The largest absolute Gasteiger partial charge is 0.507 e. The number of fused-ring (bicyclic) bond motifs is 2. The smallest absolute Gasteiger partial charge is 0.130 e. The molecule has 1 aliphatic rings. The van der Waals surface area contributed by atoms with Crippen LogP contribution in [0.2, 0.25) is 0 Å². The minimum Gasteiger partial charge on any atom is -0.507 e. The van der Waals surface area contributed by atoms with Gasteiger partial charge in [-0.05, 0) is 31.3 Å². The lowest BCUT2D eigenvalue weighted by Gasteiger charge is -2.19. The van der Waals surface area contributed by atoms with E-state index in [1.165, 1.54) is 0 Å². The Kier molecular flexibility index (Phi) is 5.48. The van der Waals surface area contributed by atoms with E-state index in [4.69, 9.17) is 10.8 Å². The molecule has 0 atom stereocenters. The molecule has 0 fully saturated rings. The molecule has 0 bridgehead atoms. The molecule has 6 nitrogen and oxygen atoms in total. The highest BCUT2D eigenvalue weighted by Gasteiger charge is 2.27. The van der Waals surface area contributed by atoms with E-state index in [2.05, 4.69) is 40.9 Å². The summed E-state index contributed by atoms with van der Waals surface area (Å²) in [4.78, 5) is 4.38. The molecule has 0 saturated carbocycles. The predicted molar refractivity (Wildman–Crippen MR) is 116 cm³/mol. The van der Waals surface area contributed by atoms with E-state index in [9.17, 15) is 5.11 Å². The molecular weight excluding hydrogens is 370 g/mol. The number of nitrogens with zero attached hydrogens (tertiary/aromatic N) is 3. The molecule has 2 heterocycles. The number of benzene rings is 2. The molecule has 7 heteroatoms. The summed E-state index contributed by atoms with van der Waals surface area (Å²) in [5.41, 5.74) is 9.82. The SMILES string of the molecule is CCN(CC)CCn1nc2c3c(c(NCCN)ccc31)Sc1c(O)cccc1-2. The molecule has 148 valence electrons. The maximum absolute atomic E-state index is 10.4. The number of aromatic hydroxyl groups is 1. The number of hydrogen-bond donors (Lipinski definition) is 3. The number of phenols is 1. The average Bonchev–Trinajstić information content (AvgIpc) is 3.09. The number of nitrogens with two attached hydrogens (primary N) is 1. The van der Waals surface area contributed by atoms with Crippen LogP contribution in [0.15, 0.2) is 40.1 Å². The van der Waals surface area contributed by atoms with Gasteiger partial charge in [-0.25, -0.2) is 0 Å². The van der Waals surface area contributed by atoms with Crippen LogP contribution in [0.25, 0.3) is 22.2 Å². The van der Waals surface area contributed by atoms with Crippen molar-refractivity contribution in [3.63, 3.8) is 0 Å². The highest BCUT2D eigenvalue weighted by Crippen LogP contribution is 2.52. The maximum Gasteiger partial charge on any atom is 0.130 e. The van der Waals surface area contributed by atoms with Crippen LogP contribution in [0.3, 0.4) is 0 Å². The highest BCUT2D eigenvalue weighted by atomic mass is 32.2. The standard InChI is InChI=1S/C21H27N5OS/c1-3-25(4-2)12-13-26-16-9-8-15(23-11-10-22)21-18(16)19(24-26)14-6-5-7-17(27)20(14)28-21/h5-9,23,27H,3-4,10-13,22H2,1-2H3. The van der Waals surface area contributed by atoms with Crippen molar-refractivity contribution >= 4 is 28.4 Å². The molecule has 0 radical (unpaired) electrons. The minimum absolute atomic E-state index is 0.299. The van der Waals surface area contributed by atoms with Crippen LogP contribution in [-0.4, -0.2) is 52.5 Å². The molecule has 0 amide bonds. The number of likely N-dealkylation sites (N-methyl/N-ethyl adjacent to an activating group) is 1. The van der Waals surface area contributed by atoms with E-state index in [0.717, 1.165) is 63.8 Å². The Labute approximate surface area is 169 Å². The Bertz CT molecular complexity index is 996. The van der Waals surface area contributed by atoms with Gasteiger partial charge in [0.15, 0.2) is 0 Å². The van der Waals surface area contributed by atoms with Crippen molar-refractivity contribution in [2.24, 2.45) is 5.73 Å². The van der Waals surface area contributed by atoms with Gasteiger partial charge in [0.2, 0.25) is 0 Å². The first-order valence-corrected chi connectivity index (χ1v) is 10.7. The highest BCUT2D eigenvalue weighted by molar-refractivity contribution is 8.00. The van der Waals surface area contributed by atoms with Crippen molar-refractivity contribution in [2.45, 2.75) is 30.2 Å². The fraction of sp³-hybridized carbons (Fsp3) is 0.381. The number of aromatic nitrogens is 2. The summed E-state index contributed by atoms with van der Waals surface area (Å²) in [6, 6.07) is 9.91. The van der Waals surface area contributed by atoms with E-state index >= 15 is 0 Å². The van der Waals surface area contributed by atoms with E-state index < -0.39 is 0 Å². The summed E-state index contributed by atoms with van der Waals surface area (Å²) < 4.78 is 2.11. The first kappa shape index (κ1) is 19.1. The van der Waals surface area contributed by atoms with Gasteiger partial charge in [-0.3, -0.25) is 4.68 Å². The van der Waals surface area contributed by atoms with Gasteiger partial charge in [0.1, 0.15) is 11.4 Å². The molecule has 4 N–H and O–H groups in total. The predicted octanol–water partition coefficient (Wildman–Crippen LogP) is 3.59. The van der Waals surface area contributed by atoms with Crippen molar-refractivity contribution in [3.05, 3.63) is 30.3 Å². The van der Waals surface area contributed by atoms with Crippen molar-refractivity contribution in [2.75, 3.05) is 38.0 Å². The normalized spacial score (nSPS) is 12.6. The van der Waals surface area contributed by atoms with E-state index in [-0.39, 0.29) is 0 Å². The summed E-state index contributed by atoms with van der Waals surface area (Å²) in [5, 5.41) is 20.0. The van der Waals surface area contributed by atoms with Gasteiger partial charge >= 0.3 is 0 Å². The van der Waals surface area contributed by atoms with E-state index in [0.29, 0.717) is 18.8 Å². The Morgan fingerprint density at radius 2 is 2.00 bits per heavy atom. The quantitative estimate of drug-likeness (QED) is 0.422. The van der Waals surface area contributed by atoms with Crippen LogP contribution in [0, 0.1) is 0 Å². The lowest BCUT2D eigenvalue weighted by Crippen LogP contribution is -2.27. The van der Waals surface area contributed by atoms with Gasteiger partial charge in [-0.1, -0.05) is 37.7 Å². The van der Waals surface area contributed by atoms with Crippen LogP contribution in [0.1, 0.15) is 13.8 Å². The average molecular weight is 398 g/mol. The minimum atomic E-state index is 0.299. The molecule has 28 heavy (non-hydrogen) atoms. The molecule has 1 aromatic heterocycles. The number of rotatable bonds is 8. The van der Waals surface area contributed by atoms with Crippen LogP contribution < -0.4 is 11.1 Å². The van der Waals surface area contributed by atoms with Crippen LogP contribution >= 0.6 is 11.8 Å². The van der Waals surface area contributed by atoms with Crippen molar-refractivity contribution in [1.82, 2.24) is 14.7 Å². The molecule has 0 saturated heterocycles. The van der Waals surface area contributed by atoms with Crippen molar-refractivity contribution < 1.29 is 5.11 Å². The summed E-state index contributed by atoms with van der Waals surface area (Å²) >= 11 is 1.61. The topological polar surface area (TPSA) is 79.3 Å². The Balaban J connectivity index is 1.84. The summed E-state index contributed by atoms with van der Waals surface area (Å²) in [6.07, 6.45) is 0. The van der Waals surface area contributed by atoms with E-state index in [1.807, 2.05) is 12.1 Å². The number of hydrogen-bond acceptors (Lipinski definition) is 6. The fourth-order valence-electron chi connectivity index (χ4n) is 3.75. The zero-order valence-electron chi connectivity index (χ0n) is 16.4. The molecular formula is C21H27N5OS. The van der Waals surface area contributed by atoms with Gasteiger partial charge in [0, 0.05) is 41.2 Å². The van der Waals surface area contributed by atoms with Crippen molar-refractivity contribution in [3.8, 4) is 17.0 Å². The lowest BCUT2D eigenvalue weighted by molar-refractivity contribution is 0.287. The summed E-state index contributed by atoms with van der Waals surface area (Å²) in [7, 11) is 0. The molecule has 0 aliphatic carbocycles. The second-order valence-electron chi connectivity index (χ2n) is 6.91. The third kappa shape index (κ3) is 3.23. The summed E-state index contributed by atoms with van der Waals surface area (Å²) in [5.74, 6) is 0.299. The molecule has 4 rings (SSSR count). The van der Waals surface area contributed by atoms with Gasteiger partial charge in [-0.15, -0.1) is 0 Å². The maximum atomic E-state index is 10.4. The lowest BCUT2D eigenvalue weighted by atomic mass is 10.1. The van der Waals surface area contributed by atoms with Gasteiger partial charge < -0.3 is 21.1 Å². The molecule has 3 aromatic rings. The van der Waals surface area contributed by atoms with Gasteiger partial charge in [-0.2, -0.15) is 5.10 Å². The van der Waals surface area contributed by atoms with Gasteiger partial charge in [0.25, 0.3) is 0 Å². The second-order valence-corrected chi connectivity index (χ2v) is 7.93. The van der Waals surface area contributed by atoms with Crippen LogP contribution in [-0.2, 0) is 6.54 Å². The first-order valence-electron chi connectivity index (χ1n) is 9.87. The Morgan fingerprint density at radius 1 is 1.18 bits per heavy atom. The summed E-state index contributed by atoms with van der Waals surface area (Å²) in [6.45, 7) is 9.53. The second kappa shape index (κ2) is 8.03. The monoisotopic (exact) mass is 397 g/mol. The Hall–Kier alpha value is -2.22. The van der Waals surface area contributed by atoms with Crippen molar-refractivity contribution in [1.29, 1.82) is 0 Å². The first-order chi connectivity index (χ1) is 13.7. The molecule has 1 aliphatic heterocycles. The molecule has 0 spiro atoms. The molecule has 2 aromatic carbocycles. The number of anilines is 1. The zero-order valence-corrected chi connectivity index (χ0v) is 17.2. The number of phenolic OH excluding ortho intramolecular Hbond substituents is 1. The third-order valence-electron chi connectivity index (χ3n) is 5.31. The fourth-order valence-corrected chi connectivity index (χ4v) is 4.95. The van der Waals surface area contributed by atoms with Crippen LogP contribution in [0.4, 0.5) is 5.69 Å². The Morgan fingerprint density at radius 3 is 2.75 bits per heavy atom. The zero-order chi connectivity index (χ0) is 19.7. The third-order valence-corrected chi connectivity index (χ3v) is 6.57. The molecule has 0 unspecified atom stereocenters. The number of nitrogens with one attached hydrogen (secondary N) is 1. The van der Waals surface area contributed by atoms with Crippen LogP contribution in [0.5, 0.6) is 5.75 Å². The van der Waals surface area contributed by atoms with E-state index in [1.54, 1.807) is 17.8 Å². The van der Waals surface area contributed by atoms with Gasteiger partial charge in [0.05, 0.1) is 17.0 Å².